The van der Waals surface area contributed by atoms with E-state index in [1.165, 1.54) is 67.1 Å². The first-order valence-corrected chi connectivity index (χ1v) is 20.5. The molecule has 3 heterocycles. The normalized spacial score (nSPS) is 16.7. The van der Waals surface area contributed by atoms with E-state index in [-0.39, 0.29) is 6.17 Å². The zero-order valence-electron chi connectivity index (χ0n) is 32.6. The van der Waals surface area contributed by atoms with Crippen molar-refractivity contribution in [3.63, 3.8) is 0 Å². The summed E-state index contributed by atoms with van der Waals surface area (Å²) in [4.78, 5) is 10.2. The van der Waals surface area contributed by atoms with Crippen LogP contribution in [0.1, 0.15) is 34.0 Å². The van der Waals surface area contributed by atoms with Gasteiger partial charge in [0, 0.05) is 23.9 Å². The quantitative estimate of drug-likeness (QED) is 0.174. The van der Waals surface area contributed by atoms with E-state index in [2.05, 4.69) is 229 Å². The third kappa shape index (κ3) is 4.85. The summed E-state index contributed by atoms with van der Waals surface area (Å²) >= 11 is 0. The molecule has 3 nitrogen and oxygen atoms in total. The summed E-state index contributed by atoms with van der Waals surface area (Å²) in [5.74, 6) is 0. The first kappa shape index (κ1) is 33.6. The highest BCUT2D eigenvalue weighted by Crippen LogP contribution is 2.67. The van der Waals surface area contributed by atoms with Crippen LogP contribution in [-0.2, 0) is 5.41 Å². The number of hydrogen-bond donors (Lipinski definition) is 0. The maximum atomic E-state index is 5.13. The third-order valence-corrected chi connectivity index (χ3v) is 12.9. The largest absolute Gasteiger partial charge is 0.348 e. The van der Waals surface area contributed by atoms with Gasteiger partial charge in [0.1, 0.15) is 6.17 Å². The van der Waals surface area contributed by atoms with Gasteiger partial charge in [-0.1, -0.05) is 188 Å². The van der Waals surface area contributed by atoms with Gasteiger partial charge >= 0.3 is 0 Å². The predicted octanol–water partition coefficient (Wildman–Crippen LogP) is 13.7. The number of pyridine rings is 1. The number of rotatable bonds is 5. The Labute approximate surface area is 345 Å². The lowest BCUT2D eigenvalue weighted by Crippen LogP contribution is -2.38. The van der Waals surface area contributed by atoms with Crippen molar-refractivity contribution >= 4 is 17.1 Å². The summed E-state index contributed by atoms with van der Waals surface area (Å²) in [6.07, 6.45) is 0.0414. The standard InChI is InChI=1S/C56H39N3/c1-58-52-30-16-28-48-54(52)59(55(58)41-21-9-4-10-22-41)51-29-14-13-26-46(51)56(48)45-25-12-11-23-44(45)53-43(24-15-27-47(53)56)38-33-31-37(32-34-38)42-35-49(39-17-5-2-6-18-39)57-50(36-42)40-19-7-3-8-20-40/h2-36,55H,1H3. The van der Waals surface area contributed by atoms with Crippen LogP contribution in [0.2, 0.25) is 0 Å². The molecule has 8 aromatic carbocycles. The van der Waals surface area contributed by atoms with Crippen molar-refractivity contribution in [2.45, 2.75) is 11.6 Å². The highest BCUT2D eigenvalue weighted by atomic mass is 15.4. The molecule has 1 aliphatic carbocycles. The molecule has 1 aromatic heterocycles. The average Bonchev–Trinajstić information content (AvgIpc) is 3.79. The summed E-state index contributed by atoms with van der Waals surface area (Å²) < 4.78 is 0. The number of anilines is 3. The Hall–Kier alpha value is -7.49. The van der Waals surface area contributed by atoms with Crippen LogP contribution in [0, 0.1) is 0 Å². The Morgan fingerprint density at radius 2 is 0.932 bits per heavy atom. The molecular formula is C56H39N3. The summed E-state index contributed by atoms with van der Waals surface area (Å²) in [7, 11) is 2.25. The van der Waals surface area contributed by atoms with Gasteiger partial charge in [-0.3, -0.25) is 0 Å². The lowest BCUT2D eigenvalue weighted by Gasteiger charge is -2.44. The van der Waals surface area contributed by atoms with Crippen LogP contribution in [0.25, 0.3) is 55.9 Å². The highest BCUT2D eigenvalue weighted by molar-refractivity contribution is 6.02. The monoisotopic (exact) mass is 753 g/mol. The Bertz CT molecular complexity index is 3010. The fourth-order valence-electron chi connectivity index (χ4n) is 10.4. The lowest BCUT2D eigenvalue weighted by molar-refractivity contribution is 0.682. The van der Waals surface area contributed by atoms with Crippen molar-refractivity contribution in [3.05, 3.63) is 240 Å². The van der Waals surface area contributed by atoms with Gasteiger partial charge < -0.3 is 9.80 Å². The SMILES string of the molecule is CN1c2cccc3c2N(c2ccccc2C32c3ccccc3-c3c(-c4ccc(-c5cc(-c6ccccc6)nc(-c6ccccc6)c5)cc4)cccc32)C1c1ccccc1. The van der Waals surface area contributed by atoms with Crippen LogP contribution in [-0.4, -0.2) is 12.0 Å². The van der Waals surface area contributed by atoms with Gasteiger partial charge in [0.15, 0.2) is 0 Å². The van der Waals surface area contributed by atoms with Crippen LogP contribution in [0.4, 0.5) is 17.1 Å². The van der Waals surface area contributed by atoms with Crippen LogP contribution < -0.4 is 9.80 Å². The molecule has 3 aliphatic rings. The molecule has 2 atom stereocenters. The van der Waals surface area contributed by atoms with Gasteiger partial charge in [0.2, 0.25) is 0 Å². The summed E-state index contributed by atoms with van der Waals surface area (Å²) in [6.45, 7) is 0. The van der Waals surface area contributed by atoms with E-state index in [1.54, 1.807) is 0 Å². The first-order valence-electron chi connectivity index (χ1n) is 20.5. The molecule has 1 spiro atoms. The number of nitrogens with zero attached hydrogens (tertiary/aromatic N) is 3. The van der Waals surface area contributed by atoms with Crippen LogP contribution >= 0.6 is 0 Å². The van der Waals surface area contributed by atoms with Crippen molar-refractivity contribution in [3.8, 4) is 55.9 Å². The van der Waals surface area contributed by atoms with Crippen molar-refractivity contribution in [1.82, 2.24) is 4.98 Å². The van der Waals surface area contributed by atoms with Crippen molar-refractivity contribution in [2.75, 3.05) is 16.8 Å². The number of hydrogen-bond acceptors (Lipinski definition) is 3. The Kier molecular flexibility index (Phi) is 7.42. The molecule has 0 amide bonds. The Balaban J connectivity index is 1.03. The summed E-state index contributed by atoms with van der Waals surface area (Å²) in [5.41, 5.74) is 21.4. The molecule has 0 bridgehead atoms. The molecule has 59 heavy (non-hydrogen) atoms. The number of fused-ring (bicyclic) bond motifs is 9. The molecule has 0 saturated carbocycles. The number of para-hydroxylation sites is 2. The summed E-state index contributed by atoms with van der Waals surface area (Å²) in [5, 5.41) is 0. The second kappa shape index (κ2) is 13.0. The van der Waals surface area contributed by atoms with E-state index in [0.29, 0.717) is 0 Å². The van der Waals surface area contributed by atoms with E-state index in [4.69, 9.17) is 4.98 Å². The van der Waals surface area contributed by atoms with Gasteiger partial charge in [-0.2, -0.15) is 0 Å². The maximum Gasteiger partial charge on any atom is 0.132 e. The molecule has 12 rings (SSSR count). The van der Waals surface area contributed by atoms with Crippen LogP contribution in [0.3, 0.4) is 0 Å². The van der Waals surface area contributed by atoms with Gasteiger partial charge in [0.25, 0.3) is 0 Å². The molecule has 3 heteroatoms. The van der Waals surface area contributed by atoms with Crippen molar-refractivity contribution in [1.29, 1.82) is 0 Å². The second-order valence-corrected chi connectivity index (χ2v) is 15.9. The number of benzene rings is 8. The van der Waals surface area contributed by atoms with E-state index in [9.17, 15) is 0 Å². The second-order valence-electron chi connectivity index (χ2n) is 15.9. The predicted molar refractivity (Wildman–Crippen MR) is 243 cm³/mol. The summed E-state index contributed by atoms with van der Waals surface area (Å²) in [6, 6.07) is 77.7. The van der Waals surface area contributed by atoms with E-state index in [1.807, 2.05) is 0 Å². The lowest BCUT2D eigenvalue weighted by atomic mass is 9.64. The minimum Gasteiger partial charge on any atom is -0.348 e. The van der Waals surface area contributed by atoms with Gasteiger partial charge in [-0.05, 0) is 85.5 Å². The molecule has 0 N–H and O–H groups in total. The smallest absolute Gasteiger partial charge is 0.132 e. The molecule has 0 radical (unpaired) electrons. The van der Waals surface area contributed by atoms with E-state index < -0.39 is 5.41 Å². The third-order valence-electron chi connectivity index (χ3n) is 12.9. The van der Waals surface area contributed by atoms with Crippen LogP contribution in [0.5, 0.6) is 0 Å². The Morgan fingerprint density at radius 1 is 0.407 bits per heavy atom. The van der Waals surface area contributed by atoms with E-state index >= 15 is 0 Å². The van der Waals surface area contributed by atoms with Crippen LogP contribution in [0.15, 0.2) is 212 Å². The minimum atomic E-state index is -0.495. The molecule has 9 aromatic rings. The zero-order valence-corrected chi connectivity index (χ0v) is 32.6. The number of aromatic nitrogens is 1. The van der Waals surface area contributed by atoms with Gasteiger partial charge in [0.05, 0.1) is 28.2 Å². The highest BCUT2D eigenvalue weighted by Gasteiger charge is 2.55. The van der Waals surface area contributed by atoms with Gasteiger partial charge in [-0.25, -0.2) is 4.98 Å². The van der Waals surface area contributed by atoms with Crippen molar-refractivity contribution < 1.29 is 0 Å². The zero-order chi connectivity index (χ0) is 39.1. The maximum absolute atomic E-state index is 5.13. The molecular weight excluding hydrogens is 715 g/mol. The fourth-order valence-corrected chi connectivity index (χ4v) is 10.4. The minimum absolute atomic E-state index is 0.0414. The topological polar surface area (TPSA) is 19.4 Å². The van der Waals surface area contributed by atoms with E-state index in [0.717, 1.165) is 33.6 Å². The van der Waals surface area contributed by atoms with Gasteiger partial charge in [-0.15, -0.1) is 0 Å². The average molecular weight is 754 g/mol. The first-order chi connectivity index (χ1) is 29.2. The fraction of sp³-hybridized carbons (Fsp3) is 0.0536. The molecule has 2 unspecified atom stereocenters. The molecule has 278 valence electrons. The molecule has 2 aliphatic heterocycles. The van der Waals surface area contributed by atoms with Crippen molar-refractivity contribution in [2.24, 2.45) is 0 Å². The molecule has 0 saturated heterocycles. The Morgan fingerprint density at radius 3 is 1.64 bits per heavy atom. The molecule has 0 fully saturated rings.